The zero-order valence-electron chi connectivity index (χ0n) is 35.0. The Kier molecular flexibility index (Phi) is 39.4. The molecule has 312 valence electrons. The number of allylic oxidation sites excluding steroid dienone is 8. The molecule has 0 aromatic rings. The van der Waals surface area contributed by atoms with Crippen LogP contribution in [0.5, 0.6) is 0 Å². The van der Waals surface area contributed by atoms with Crippen LogP contribution < -0.4 is 11.5 Å². The van der Waals surface area contributed by atoms with E-state index >= 15 is 0 Å². The molecule has 1 amide bonds. The van der Waals surface area contributed by atoms with Crippen LogP contribution in [0.15, 0.2) is 48.6 Å². The molecule has 0 saturated heterocycles. The summed E-state index contributed by atoms with van der Waals surface area (Å²) in [5, 5.41) is 0. The Bertz CT molecular complexity index is 929. The van der Waals surface area contributed by atoms with E-state index in [1.807, 2.05) is 0 Å². The summed E-state index contributed by atoms with van der Waals surface area (Å²) in [7, 11) is 0. The summed E-state index contributed by atoms with van der Waals surface area (Å²) >= 11 is 0. The van der Waals surface area contributed by atoms with Crippen LogP contribution in [0.4, 0.5) is 0 Å². The van der Waals surface area contributed by atoms with E-state index in [0.29, 0.717) is 25.8 Å². The van der Waals surface area contributed by atoms with E-state index in [0.717, 1.165) is 89.9 Å². The Morgan fingerprint density at radius 1 is 0.519 bits per heavy atom. The quantitative estimate of drug-likeness (QED) is 0.0363. The third kappa shape index (κ3) is 36.3. The van der Waals surface area contributed by atoms with Gasteiger partial charge in [-0.15, -0.1) is 0 Å². The number of hydrogen-bond donors (Lipinski definition) is 2. The number of rotatable bonds is 39. The van der Waals surface area contributed by atoms with Crippen LogP contribution in [0.2, 0.25) is 0 Å². The third-order valence-corrected chi connectivity index (χ3v) is 9.51. The first-order valence-electron chi connectivity index (χ1n) is 22.1. The minimum Gasteiger partial charge on any atom is -0.464 e. The summed E-state index contributed by atoms with van der Waals surface area (Å²) in [4.78, 5) is 39.4. The van der Waals surface area contributed by atoms with Crippen molar-refractivity contribution in [1.82, 2.24) is 4.90 Å². The molecule has 0 spiro atoms. The van der Waals surface area contributed by atoms with E-state index in [-0.39, 0.29) is 44.1 Å². The Hall–Kier alpha value is -2.71. The number of carbonyl (C=O) groups is 3. The highest BCUT2D eigenvalue weighted by Crippen LogP contribution is 2.11. The van der Waals surface area contributed by atoms with Crippen molar-refractivity contribution >= 4 is 17.8 Å². The smallest absolute Gasteiger partial charge is 0.305 e. The van der Waals surface area contributed by atoms with Crippen molar-refractivity contribution in [1.29, 1.82) is 0 Å². The molecular weight excluding hydrogens is 675 g/mol. The Morgan fingerprint density at radius 3 is 1.31 bits per heavy atom. The molecule has 0 heterocycles. The number of amides is 1. The predicted molar refractivity (Wildman–Crippen MR) is 228 cm³/mol. The van der Waals surface area contributed by atoms with Crippen LogP contribution in [0.1, 0.15) is 187 Å². The molecular formula is C46H83N3O5. The van der Waals surface area contributed by atoms with Crippen molar-refractivity contribution < 1.29 is 23.9 Å². The summed E-state index contributed by atoms with van der Waals surface area (Å²) in [6.07, 6.45) is 45.9. The van der Waals surface area contributed by atoms with Crippen molar-refractivity contribution in [2.45, 2.75) is 193 Å². The molecule has 0 aromatic heterocycles. The third-order valence-electron chi connectivity index (χ3n) is 9.51. The summed E-state index contributed by atoms with van der Waals surface area (Å²) in [5.41, 5.74) is 11.8. The highest BCUT2D eigenvalue weighted by atomic mass is 16.5. The lowest BCUT2D eigenvalue weighted by Crippen LogP contribution is -2.46. The Morgan fingerprint density at radius 2 is 0.907 bits per heavy atom. The second-order valence-electron chi connectivity index (χ2n) is 14.6. The van der Waals surface area contributed by atoms with Gasteiger partial charge in [-0.1, -0.05) is 133 Å². The van der Waals surface area contributed by atoms with Gasteiger partial charge in [-0.2, -0.15) is 0 Å². The maximum Gasteiger partial charge on any atom is 0.305 e. The van der Waals surface area contributed by atoms with Gasteiger partial charge in [0.2, 0.25) is 5.91 Å². The maximum absolute atomic E-state index is 13.1. The first-order chi connectivity index (χ1) is 26.5. The van der Waals surface area contributed by atoms with Crippen molar-refractivity contribution in [3.8, 4) is 0 Å². The van der Waals surface area contributed by atoms with E-state index in [1.54, 1.807) is 4.90 Å². The molecule has 0 fully saturated rings. The number of nitrogens with two attached hydrogens (primary N) is 2. The van der Waals surface area contributed by atoms with Crippen molar-refractivity contribution in [2.24, 2.45) is 11.5 Å². The van der Waals surface area contributed by atoms with Gasteiger partial charge in [-0.3, -0.25) is 14.4 Å². The fourth-order valence-electron chi connectivity index (χ4n) is 6.04. The second kappa shape index (κ2) is 41.5. The molecule has 0 saturated carbocycles. The van der Waals surface area contributed by atoms with Crippen LogP contribution >= 0.6 is 0 Å². The average Bonchev–Trinajstić information content (AvgIpc) is 3.17. The van der Waals surface area contributed by atoms with Crippen molar-refractivity contribution in [3.63, 3.8) is 0 Å². The lowest BCUT2D eigenvalue weighted by molar-refractivity contribution is -0.148. The fraction of sp³-hybridized carbons (Fsp3) is 0.761. The number of esters is 2. The molecule has 4 N–H and O–H groups in total. The highest BCUT2D eigenvalue weighted by Gasteiger charge is 2.21. The molecule has 0 aliphatic carbocycles. The molecule has 8 nitrogen and oxygen atoms in total. The van der Waals surface area contributed by atoms with Crippen LogP contribution in [-0.2, 0) is 23.9 Å². The normalized spacial score (nSPS) is 12.4. The van der Waals surface area contributed by atoms with Crippen molar-refractivity contribution in [3.05, 3.63) is 48.6 Å². The largest absolute Gasteiger partial charge is 0.464 e. The molecule has 0 aliphatic rings. The minimum atomic E-state index is -0.664. The molecule has 0 bridgehead atoms. The van der Waals surface area contributed by atoms with Crippen molar-refractivity contribution in [2.75, 3.05) is 32.8 Å². The molecule has 0 radical (unpaired) electrons. The zero-order valence-corrected chi connectivity index (χ0v) is 35.0. The summed E-state index contributed by atoms with van der Waals surface area (Å²) in [6, 6.07) is -0.664. The van der Waals surface area contributed by atoms with Gasteiger partial charge in [0.15, 0.2) is 0 Å². The predicted octanol–water partition coefficient (Wildman–Crippen LogP) is 11.0. The van der Waals surface area contributed by atoms with E-state index in [2.05, 4.69) is 62.5 Å². The highest BCUT2D eigenvalue weighted by molar-refractivity contribution is 5.81. The fourth-order valence-corrected chi connectivity index (χ4v) is 6.04. The van der Waals surface area contributed by atoms with Crippen LogP contribution in [0.3, 0.4) is 0 Å². The van der Waals surface area contributed by atoms with Gasteiger partial charge in [0.25, 0.3) is 0 Å². The van der Waals surface area contributed by atoms with Gasteiger partial charge >= 0.3 is 11.9 Å². The van der Waals surface area contributed by atoms with Gasteiger partial charge in [0, 0.05) is 12.8 Å². The number of unbranched alkanes of at least 4 members (excludes halogenated alkanes) is 17. The number of carbonyl (C=O) groups excluding carboxylic acids is 3. The molecule has 1 unspecified atom stereocenters. The van der Waals surface area contributed by atoms with Crippen LogP contribution in [0, 0.1) is 0 Å². The monoisotopic (exact) mass is 758 g/mol. The van der Waals surface area contributed by atoms with Crippen LogP contribution in [0.25, 0.3) is 0 Å². The SMILES string of the molecule is CCCCC/C=C\C/C=C\CCCCCCCC(=O)OCCN(CCOC(=O)CCCCCCC/C=C\C/C=C\CCCCC)C(=O)C(N)CCCCN. The van der Waals surface area contributed by atoms with Gasteiger partial charge in [0.1, 0.15) is 13.2 Å². The van der Waals surface area contributed by atoms with Crippen LogP contribution in [-0.4, -0.2) is 61.6 Å². The lowest BCUT2D eigenvalue weighted by Gasteiger charge is -2.25. The second-order valence-corrected chi connectivity index (χ2v) is 14.6. The minimum absolute atomic E-state index is 0.0975. The summed E-state index contributed by atoms with van der Waals surface area (Å²) < 4.78 is 10.9. The maximum atomic E-state index is 13.1. The van der Waals surface area contributed by atoms with Gasteiger partial charge in [0.05, 0.1) is 19.1 Å². The van der Waals surface area contributed by atoms with E-state index in [9.17, 15) is 14.4 Å². The standard InChI is InChI=1S/C46H83N3O5/c1-3-5-7-9-11-13-15-17-19-21-23-25-27-29-31-36-44(50)53-41-39-49(46(52)43(48)35-33-34-38-47)40-42-54-45(51)37-32-30-28-26-24-22-20-18-16-14-12-10-8-6-4-2/h11-14,17-20,43H,3-10,15-16,21-42,47-48H2,1-2H3/b13-11-,14-12-,19-17-,20-18-. The molecule has 0 aromatic carbocycles. The number of nitrogens with zero attached hydrogens (tertiary/aromatic N) is 1. The number of ether oxygens (including phenoxy) is 2. The Balaban J connectivity index is 4.21. The van der Waals surface area contributed by atoms with Gasteiger partial charge in [-0.05, 0) is 96.4 Å². The molecule has 54 heavy (non-hydrogen) atoms. The Labute approximate surface area is 332 Å². The molecule has 0 rings (SSSR count). The van der Waals surface area contributed by atoms with Gasteiger partial charge < -0.3 is 25.8 Å². The average molecular weight is 758 g/mol. The van der Waals surface area contributed by atoms with E-state index < -0.39 is 6.04 Å². The molecule has 0 aliphatic heterocycles. The van der Waals surface area contributed by atoms with Gasteiger partial charge in [-0.25, -0.2) is 0 Å². The molecule has 1 atom stereocenters. The number of hydrogen-bond acceptors (Lipinski definition) is 7. The topological polar surface area (TPSA) is 125 Å². The van der Waals surface area contributed by atoms with E-state index in [1.165, 1.54) is 64.2 Å². The first-order valence-corrected chi connectivity index (χ1v) is 22.1. The summed E-state index contributed by atoms with van der Waals surface area (Å²) in [6.45, 7) is 5.66. The lowest BCUT2D eigenvalue weighted by atomic mass is 10.1. The summed E-state index contributed by atoms with van der Waals surface area (Å²) in [5.74, 6) is -0.713. The zero-order chi connectivity index (χ0) is 39.6. The molecule has 8 heteroatoms. The van der Waals surface area contributed by atoms with E-state index in [4.69, 9.17) is 20.9 Å². The first kappa shape index (κ1) is 51.3.